The van der Waals surface area contributed by atoms with E-state index in [2.05, 4.69) is 13.8 Å². The van der Waals surface area contributed by atoms with Crippen molar-refractivity contribution in [3.63, 3.8) is 0 Å². The zero-order valence-electron chi connectivity index (χ0n) is 24.1. The topological polar surface area (TPSA) is 108 Å². The molecule has 14 atom stereocenters. The second-order valence-corrected chi connectivity index (χ2v) is 14.8. The molecule has 0 N–H and O–H groups in total. The number of hydrogen-bond donors (Lipinski definition) is 0. The highest BCUT2D eigenvalue weighted by molar-refractivity contribution is 5.81. The summed E-state index contributed by atoms with van der Waals surface area (Å²) < 4.78 is 24.9. The third-order valence-corrected chi connectivity index (χ3v) is 12.6. The summed E-state index contributed by atoms with van der Waals surface area (Å²) in [6, 6.07) is 0. The lowest BCUT2D eigenvalue weighted by molar-refractivity contribution is -0.563. The van der Waals surface area contributed by atoms with Gasteiger partial charge < -0.3 is 18.9 Å². The number of hydrogen-bond acceptors (Lipinski definition) is 10. The van der Waals surface area contributed by atoms with Crippen molar-refractivity contribution in [1.82, 2.24) is 0 Å². The second kappa shape index (κ2) is 8.20. The van der Waals surface area contributed by atoms with Crippen LogP contribution in [-0.4, -0.2) is 47.3 Å². The lowest BCUT2D eigenvalue weighted by Crippen LogP contribution is -2.73. The second-order valence-electron chi connectivity index (χ2n) is 14.8. The summed E-state index contributed by atoms with van der Waals surface area (Å²) >= 11 is 0. The van der Waals surface area contributed by atoms with Crippen molar-refractivity contribution in [2.24, 2.45) is 46.8 Å². The van der Waals surface area contributed by atoms with E-state index in [0.717, 1.165) is 38.5 Å². The standard InChI is InChI=1S/C30H42O10/c1-15-6-8-20-17(22(31)33-24-29(20)18(15)10-12-27(4,35-24)37-39-29)14-26(3)21-9-7-16(2)19-11-13-28(5)36-25(34-23(26)32)30(19,21)40-38-28/h15-21,24-25H,6-14H2,1-5H3/t15-,16-,17?,18+,19+,20+,21+,24-,25-,26?,27+,28+,29-,30-/m1/s1. The number of ether oxygens (including phenoxy) is 4. The van der Waals surface area contributed by atoms with Crippen LogP contribution in [0.5, 0.6) is 0 Å². The largest absolute Gasteiger partial charge is 0.432 e. The summed E-state index contributed by atoms with van der Waals surface area (Å²) in [4.78, 5) is 52.5. The van der Waals surface area contributed by atoms with E-state index in [1.54, 1.807) is 0 Å². The molecule has 0 aromatic rings. The average Bonchev–Trinajstić information content (AvgIpc) is 3.27. The van der Waals surface area contributed by atoms with E-state index in [-0.39, 0.29) is 42.0 Å². The molecule has 8 saturated heterocycles. The fourth-order valence-electron chi connectivity index (χ4n) is 10.4. The minimum Gasteiger partial charge on any atom is -0.432 e. The molecule has 0 amide bonds. The first-order valence-electron chi connectivity index (χ1n) is 15.4. The number of carbonyl (C=O) groups is 2. The lowest BCUT2D eigenvalue weighted by Gasteiger charge is -2.62. The Morgan fingerprint density at radius 2 is 1.25 bits per heavy atom. The molecule has 2 saturated carbocycles. The Morgan fingerprint density at radius 1 is 0.675 bits per heavy atom. The van der Waals surface area contributed by atoms with Crippen molar-refractivity contribution < 1.29 is 48.1 Å². The number of carbonyl (C=O) groups excluding carboxylic acids is 2. The van der Waals surface area contributed by atoms with E-state index in [1.165, 1.54) is 0 Å². The Bertz CT molecular complexity index is 1130. The van der Waals surface area contributed by atoms with Crippen LogP contribution in [0.3, 0.4) is 0 Å². The molecule has 10 aliphatic rings. The molecular weight excluding hydrogens is 520 g/mol. The van der Waals surface area contributed by atoms with Gasteiger partial charge in [-0.15, -0.1) is 0 Å². The van der Waals surface area contributed by atoms with Crippen LogP contribution in [-0.2, 0) is 48.1 Å². The molecule has 10 fully saturated rings. The fourth-order valence-corrected chi connectivity index (χ4v) is 10.4. The molecule has 4 bridgehead atoms. The molecule has 10 nitrogen and oxygen atoms in total. The van der Waals surface area contributed by atoms with Crippen LogP contribution in [0, 0.1) is 46.8 Å². The summed E-state index contributed by atoms with van der Waals surface area (Å²) in [6.07, 6.45) is 5.11. The van der Waals surface area contributed by atoms with Crippen molar-refractivity contribution in [1.29, 1.82) is 0 Å². The maximum Gasteiger partial charge on any atom is 0.314 e. The first-order chi connectivity index (χ1) is 18.9. The number of fused-ring (bicyclic) bond motifs is 4. The summed E-state index contributed by atoms with van der Waals surface area (Å²) in [5, 5.41) is 0. The molecule has 0 aromatic carbocycles. The summed E-state index contributed by atoms with van der Waals surface area (Å²) in [7, 11) is 0. The maximum atomic E-state index is 14.1. The number of esters is 2. The molecule has 0 aromatic heterocycles. The zero-order chi connectivity index (χ0) is 27.9. The Balaban J connectivity index is 1.18. The Labute approximate surface area is 234 Å². The maximum absolute atomic E-state index is 14.1. The molecule has 10 heteroatoms. The molecular formula is C30H42O10. The van der Waals surface area contributed by atoms with Gasteiger partial charge in [0.1, 0.15) is 0 Å². The van der Waals surface area contributed by atoms with Crippen LogP contribution in [0.2, 0.25) is 0 Å². The van der Waals surface area contributed by atoms with Gasteiger partial charge in [-0.1, -0.05) is 13.8 Å². The molecule has 10 rings (SSSR count). The zero-order valence-corrected chi connectivity index (χ0v) is 24.1. The van der Waals surface area contributed by atoms with Gasteiger partial charge in [0.25, 0.3) is 0 Å². The van der Waals surface area contributed by atoms with E-state index >= 15 is 0 Å². The van der Waals surface area contributed by atoms with E-state index in [0.29, 0.717) is 24.7 Å². The third-order valence-electron chi connectivity index (χ3n) is 12.6. The summed E-state index contributed by atoms with van der Waals surface area (Å²) in [5.74, 6) is -2.66. The minimum absolute atomic E-state index is 0.109. The van der Waals surface area contributed by atoms with Gasteiger partial charge in [0, 0.05) is 36.5 Å². The Morgan fingerprint density at radius 3 is 1.93 bits per heavy atom. The normalized spacial score (nSPS) is 60.1. The monoisotopic (exact) mass is 562 g/mol. The van der Waals surface area contributed by atoms with Crippen molar-refractivity contribution in [2.45, 2.75) is 128 Å². The van der Waals surface area contributed by atoms with E-state index in [9.17, 15) is 9.59 Å². The van der Waals surface area contributed by atoms with Gasteiger partial charge in [-0.3, -0.25) is 9.59 Å². The van der Waals surface area contributed by atoms with Gasteiger partial charge in [-0.2, -0.15) is 0 Å². The van der Waals surface area contributed by atoms with Gasteiger partial charge in [0.2, 0.25) is 24.2 Å². The van der Waals surface area contributed by atoms with Gasteiger partial charge >= 0.3 is 11.9 Å². The average molecular weight is 563 g/mol. The molecule has 222 valence electrons. The minimum atomic E-state index is -1.01. The van der Waals surface area contributed by atoms with Crippen LogP contribution in [0.15, 0.2) is 0 Å². The van der Waals surface area contributed by atoms with Gasteiger partial charge in [-0.05, 0) is 77.6 Å². The molecule has 0 radical (unpaired) electrons. The van der Waals surface area contributed by atoms with Crippen LogP contribution >= 0.6 is 0 Å². The van der Waals surface area contributed by atoms with Crippen LogP contribution in [0.25, 0.3) is 0 Å². The molecule has 8 aliphatic heterocycles. The van der Waals surface area contributed by atoms with Crippen LogP contribution in [0.4, 0.5) is 0 Å². The quantitative estimate of drug-likeness (QED) is 0.351. The Kier molecular flexibility index (Phi) is 5.40. The third kappa shape index (κ3) is 3.16. The van der Waals surface area contributed by atoms with Gasteiger partial charge in [-0.25, -0.2) is 19.6 Å². The SMILES string of the molecule is C[C@@H]1CC[C@H]2C(C)(CC3C(=O)O[C@@H]4O[C@]5(C)CC[C@H]6[C@H](C)CC[C@@H]3[C@@]46OO5)C(=O)O[C@@H]3O[C@]4(C)CC[C@@H]1[C@]32OO4. The highest BCUT2D eigenvalue weighted by Gasteiger charge is 2.76. The predicted molar refractivity (Wildman–Crippen MR) is 134 cm³/mol. The van der Waals surface area contributed by atoms with Crippen molar-refractivity contribution in [2.75, 3.05) is 0 Å². The van der Waals surface area contributed by atoms with Gasteiger partial charge in [0.05, 0.1) is 11.3 Å². The van der Waals surface area contributed by atoms with Crippen LogP contribution in [0.1, 0.15) is 92.4 Å². The first kappa shape index (κ1) is 26.3. The highest BCUT2D eigenvalue weighted by Crippen LogP contribution is 2.66. The molecule has 2 aliphatic carbocycles. The predicted octanol–water partition coefficient (Wildman–Crippen LogP) is 4.54. The molecule has 40 heavy (non-hydrogen) atoms. The number of rotatable bonds is 2. The van der Waals surface area contributed by atoms with Crippen molar-refractivity contribution >= 4 is 11.9 Å². The summed E-state index contributed by atoms with van der Waals surface area (Å²) in [5.41, 5.74) is -2.83. The van der Waals surface area contributed by atoms with Gasteiger partial charge in [0.15, 0.2) is 11.2 Å². The fraction of sp³-hybridized carbons (Fsp3) is 0.933. The van der Waals surface area contributed by atoms with Crippen molar-refractivity contribution in [3.8, 4) is 0 Å². The van der Waals surface area contributed by atoms with E-state index in [1.807, 2.05) is 20.8 Å². The van der Waals surface area contributed by atoms with Crippen molar-refractivity contribution in [3.05, 3.63) is 0 Å². The molecule has 2 spiro atoms. The Hall–Kier alpha value is -1.30. The summed E-state index contributed by atoms with van der Waals surface area (Å²) in [6.45, 7) is 10.1. The smallest absolute Gasteiger partial charge is 0.314 e. The molecule has 8 heterocycles. The highest BCUT2D eigenvalue weighted by atomic mass is 17.3. The molecule has 2 unspecified atom stereocenters. The first-order valence-corrected chi connectivity index (χ1v) is 15.4. The lowest BCUT2D eigenvalue weighted by atomic mass is 9.50. The van der Waals surface area contributed by atoms with E-state index < -0.39 is 46.7 Å². The van der Waals surface area contributed by atoms with E-state index in [4.69, 9.17) is 38.5 Å². The van der Waals surface area contributed by atoms with Crippen LogP contribution < -0.4 is 0 Å².